The van der Waals surface area contributed by atoms with E-state index in [1.54, 1.807) is 24.1 Å². The highest BCUT2D eigenvalue weighted by Gasteiger charge is 2.39. The Labute approximate surface area is 214 Å². The SMILES string of the molecule is COc1ccc(CN(C)C(=O)N(c2ccc(OC(CF)CF)cc2C=O)C2CN(C(C)=O)C2)cc1OC. The number of urea groups is 1. The largest absolute Gasteiger partial charge is 0.493 e. The molecule has 0 aliphatic carbocycles. The number of rotatable bonds is 11. The molecule has 1 aliphatic heterocycles. The van der Waals surface area contributed by atoms with E-state index in [9.17, 15) is 23.2 Å². The summed E-state index contributed by atoms with van der Waals surface area (Å²) in [6.45, 7) is 0.222. The van der Waals surface area contributed by atoms with Gasteiger partial charge in [-0.25, -0.2) is 13.6 Å². The van der Waals surface area contributed by atoms with E-state index in [1.165, 1.54) is 49.1 Å². The molecule has 1 saturated heterocycles. The van der Waals surface area contributed by atoms with Gasteiger partial charge in [-0.2, -0.15) is 0 Å². The van der Waals surface area contributed by atoms with Gasteiger partial charge in [-0.1, -0.05) is 6.07 Å². The van der Waals surface area contributed by atoms with Crippen molar-refractivity contribution in [2.75, 3.05) is 52.6 Å². The summed E-state index contributed by atoms with van der Waals surface area (Å²) in [4.78, 5) is 42.0. The second kappa shape index (κ2) is 12.4. The number of alkyl halides is 2. The van der Waals surface area contributed by atoms with Crippen molar-refractivity contribution in [2.45, 2.75) is 25.6 Å². The van der Waals surface area contributed by atoms with Crippen LogP contribution in [-0.4, -0.2) is 87.9 Å². The molecule has 0 N–H and O–H groups in total. The predicted molar refractivity (Wildman–Crippen MR) is 133 cm³/mol. The van der Waals surface area contributed by atoms with E-state index in [1.807, 2.05) is 6.07 Å². The first-order chi connectivity index (χ1) is 17.8. The van der Waals surface area contributed by atoms with E-state index in [-0.39, 0.29) is 29.8 Å². The molecular formula is C26H31F2N3O6. The number of likely N-dealkylation sites (tertiary alicyclic amines) is 1. The number of carbonyl (C=O) groups is 3. The average molecular weight is 520 g/mol. The summed E-state index contributed by atoms with van der Waals surface area (Å²) in [5, 5.41) is 0. The van der Waals surface area contributed by atoms with Crippen molar-refractivity contribution in [2.24, 2.45) is 0 Å². The predicted octanol–water partition coefficient (Wildman–Crippen LogP) is 3.49. The van der Waals surface area contributed by atoms with E-state index < -0.39 is 25.5 Å². The van der Waals surface area contributed by atoms with Gasteiger partial charge >= 0.3 is 6.03 Å². The number of hydrogen-bond acceptors (Lipinski definition) is 6. The Morgan fingerprint density at radius 2 is 1.76 bits per heavy atom. The first kappa shape index (κ1) is 27.7. The second-order valence-electron chi connectivity index (χ2n) is 8.66. The van der Waals surface area contributed by atoms with Crippen LogP contribution in [0.4, 0.5) is 19.3 Å². The van der Waals surface area contributed by atoms with Gasteiger partial charge < -0.3 is 24.0 Å². The van der Waals surface area contributed by atoms with Gasteiger partial charge in [0, 0.05) is 39.2 Å². The number of benzene rings is 2. The molecule has 11 heteroatoms. The first-order valence-electron chi connectivity index (χ1n) is 11.6. The summed E-state index contributed by atoms with van der Waals surface area (Å²) in [7, 11) is 4.68. The van der Waals surface area contributed by atoms with Crippen molar-refractivity contribution in [3.05, 3.63) is 47.5 Å². The van der Waals surface area contributed by atoms with Crippen LogP contribution in [0.25, 0.3) is 0 Å². The lowest BCUT2D eigenvalue weighted by atomic mass is 10.0. The van der Waals surface area contributed by atoms with Crippen LogP contribution in [0.2, 0.25) is 0 Å². The Hall–Kier alpha value is -3.89. The maximum Gasteiger partial charge on any atom is 0.324 e. The molecule has 2 aromatic rings. The molecule has 1 fully saturated rings. The molecule has 2 aromatic carbocycles. The van der Waals surface area contributed by atoms with E-state index >= 15 is 0 Å². The molecule has 0 unspecified atom stereocenters. The quantitative estimate of drug-likeness (QED) is 0.423. The molecule has 1 heterocycles. The van der Waals surface area contributed by atoms with Crippen molar-refractivity contribution in [3.8, 4) is 17.2 Å². The van der Waals surface area contributed by atoms with Gasteiger partial charge in [0.25, 0.3) is 0 Å². The maximum absolute atomic E-state index is 13.7. The van der Waals surface area contributed by atoms with Crippen molar-refractivity contribution < 1.29 is 37.4 Å². The van der Waals surface area contributed by atoms with Crippen molar-refractivity contribution >= 4 is 23.9 Å². The van der Waals surface area contributed by atoms with Crippen LogP contribution in [0.5, 0.6) is 17.2 Å². The molecule has 0 radical (unpaired) electrons. The highest BCUT2D eigenvalue weighted by atomic mass is 19.1. The van der Waals surface area contributed by atoms with Gasteiger partial charge in [0.05, 0.1) is 25.9 Å². The van der Waals surface area contributed by atoms with E-state index in [0.717, 1.165) is 5.56 Å². The van der Waals surface area contributed by atoms with Crippen LogP contribution >= 0.6 is 0 Å². The lowest BCUT2D eigenvalue weighted by Crippen LogP contribution is -2.63. The molecule has 0 atom stereocenters. The van der Waals surface area contributed by atoms with Crippen LogP contribution in [0, 0.1) is 0 Å². The minimum atomic E-state index is -1.29. The monoisotopic (exact) mass is 519 g/mol. The normalized spacial score (nSPS) is 13.1. The van der Waals surface area contributed by atoms with Gasteiger partial charge in [-0.3, -0.25) is 14.5 Å². The number of nitrogens with zero attached hydrogens (tertiary/aromatic N) is 3. The fourth-order valence-electron chi connectivity index (χ4n) is 4.05. The minimum absolute atomic E-state index is 0.108. The maximum atomic E-state index is 13.7. The molecule has 9 nitrogen and oxygen atoms in total. The minimum Gasteiger partial charge on any atom is -0.493 e. The lowest BCUT2D eigenvalue weighted by Gasteiger charge is -2.46. The Kier molecular flexibility index (Phi) is 9.26. The van der Waals surface area contributed by atoms with Crippen LogP contribution in [-0.2, 0) is 11.3 Å². The van der Waals surface area contributed by atoms with Crippen molar-refractivity contribution in [1.82, 2.24) is 9.80 Å². The number of hydrogen-bond donors (Lipinski definition) is 0. The fourth-order valence-corrected chi connectivity index (χ4v) is 4.05. The summed E-state index contributed by atoms with van der Waals surface area (Å²) in [5.41, 5.74) is 1.20. The van der Waals surface area contributed by atoms with Crippen LogP contribution < -0.4 is 19.1 Å². The zero-order valence-corrected chi connectivity index (χ0v) is 21.3. The van der Waals surface area contributed by atoms with Gasteiger partial charge in [-0.15, -0.1) is 0 Å². The van der Waals surface area contributed by atoms with E-state index in [4.69, 9.17) is 14.2 Å². The smallest absolute Gasteiger partial charge is 0.324 e. The molecule has 0 bridgehead atoms. The highest BCUT2D eigenvalue weighted by molar-refractivity contribution is 5.98. The molecule has 200 valence electrons. The summed E-state index contributed by atoms with van der Waals surface area (Å²) >= 11 is 0. The molecule has 3 amide bonds. The van der Waals surface area contributed by atoms with E-state index in [0.29, 0.717) is 36.6 Å². The summed E-state index contributed by atoms with van der Waals surface area (Å²) < 4.78 is 41.7. The van der Waals surface area contributed by atoms with Crippen LogP contribution in [0.1, 0.15) is 22.8 Å². The molecule has 1 aliphatic rings. The molecule has 0 aromatic heterocycles. The standard InChI is InChI=1S/C26H31F2N3O6/c1-17(33)30-14-20(15-30)31(23-7-6-21(10-19(23)16-32)37-22(11-27)12-28)26(34)29(2)13-18-5-8-24(35-3)25(9-18)36-4/h5-10,16,20,22H,11-15H2,1-4H3. The Bertz CT molecular complexity index is 1120. The van der Waals surface area contributed by atoms with Crippen molar-refractivity contribution in [3.63, 3.8) is 0 Å². The zero-order valence-electron chi connectivity index (χ0n) is 21.3. The lowest BCUT2D eigenvalue weighted by molar-refractivity contribution is -0.133. The number of amides is 3. The van der Waals surface area contributed by atoms with Gasteiger partial charge in [0.2, 0.25) is 5.91 Å². The Morgan fingerprint density at radius 1 is 1.08 bits per heavy atom. The number of carbonyl (C=O) groups excluding carboxylic acids is 3. The molecular weight excluding hydrogens is 488 g/mol. The van der Waals surface area contributed by atoms with Crippen LogP contribution in [0.15, 0.2) is 36.4 Å². The van der Waals surface area contributed by atoms with Crippen LogP contribution in [0.3, 0.4) is 0 Å². The number of ether oxygens (including phenoxy) is 3. The molecule has 0 saturated carbocycles. The highest BCUT2D eigenvalue weighted by Crippen LogP contribution is 2.32. The third kappa shape index (κ3) is 6.28. The molecule has 3 rings (SSSR count). The fraction of sp³-hybridized carbons (Fsp3) is 0.423. The van der Waals surface area contributed by atoms with E-state index in [2.05, 4.69) is 0 Å². The van der Waals surface area contributed by atoms with Gasteiger partial charge in [0.15, 0.2) is 23.9 Å². The average Bonchev–Trinajstić information content (AvgIpc) is 2.88. The Balaban J connectivity index is 1.90. The second-order valence-corrected chi connectivity index (χ2v) is 8.66. The Morgan fingerprint density at radius 3 is 2.32 bits per heavy atom. The summed E-state index contributed by atoms with van der Waals surface area (Å²) in [6, 6.07) is 8.85. The van der Waals surface area contributed by atoms with Crippen molar-refractivity contribution in [1.29, 1.82) is 0 Å². The third-order valence-electron chi connectivity index (χ3n) is 6.11. The number of halogens is 2. The third-order valence-corrected chi connectivity index (χ3v) is 6.11. The topological polar surface area (TPSA) is 88.6 Å². The number of aldehydes is 1. The molecule has 37 heavy (non-hydrogen) atoms. The number of methoxy groups -OCH3 is 2. The van der Waals surface area contributed by atoms with Gasteiger partial charge in [-0.05, 0) is 35.9 Å². The summed E-state index contributed by atoms with van der Waals surface area (Å²) in [6.07, 6.45) is -0.732. The van der Waals surface area contributed by atoms with Gasteiger partial charge in [0.1, 0.15) is 19.1 Å². The first-order valence-corrected chi connectivity index (χ1v) is 11.6. The number of anilines is 1. The summed E-state index contributed by atoms with van der Waals surface area (Å²) in [5.74, 6) is 1.07. The zero-order chi connectivity index (χ0) is 27.1. The molecule has 0 spiro atoms.